The van der Waals surface area contributed by atoms with Gasteiger partial charge in [-0.1, -0.05) is 0 Å². The Bertz CT molecular complexity index is 1110. The van der Waals surface area contributed by atoms with Crippen LogP contribution in [0.1, 0.15) is 6.42 Å². The van der Waals surface area contributed by atoms with Crippen molar-refractivity contribution in [2.75, 3.05) is 152 Å². The third-order valence-corrected chi connectivity index (χ3v) is 7.30. The summed E-state index contributed by atoms with van der Waals surface area (Å²) >= 11 is 0. The van der Waals surface area contributed by atoms with Crippen molar-refractivity contribution in [1.29, 1.82) is 0 Å². The zero-order valence-electron chi connectivity index (χ0n) is 32.3. The van der Waals surface area contributed by atoms with Crippen LogP contribution in [-0.2, 0) is 52.1 Å². The molecule has 0 aromatic rings. The third-order valence-electron chi connectivity index (χ3n) is 7.30. The molecule has 1 N–H and O–H groups in total. The van der Waals surface area contributed by atoms with Crippen LogP contribution in [0.5, 0.6) is 0 Å². The Labute approximate surface area is 338 Å². The van der Waals surface area contributed by atoms with Gasteiger partial charge in [-0.25, -0.2) is 0 Å². The smallest absolute Gasteiger partial charge is 0.394 e. The van der Waals surface area contributed by atoms with Crippen molar-refractivity contribution in [3.63, 3.8) is 0 Å². The quantitative estimate of drug-likeness (QED) is 0.0611. The second-order valence-corrected chi connectivity index (χ2v) is 11.9. The van der Waals surface area contributed by atoms with E-state index in [0.717, 1.165) is 0 Å². The maximum absolute atomic E-state index is 13.9. The Kier molecular flexibility index (Phi) is 28.2. The van der Waals surface area contributed by atoms with Crippen LogP contribution >= 0.6 is 0 Å². The van der Waals surface area contributed by atoms with Crippen molar-refractivity contribution >= 4 is 0 Å². The first-order chi connectivity index (χ1) is 28.3. The number of aliphatic hydroxyl groups is 1. The van der Waals surface area contributed by atoms with E-state index in [4.69, 9.17) is 52.5 Å². The van der Waals surface area contributed by atoms with E-state index in [1.165, 1.54) is 0 Å². The molecule has 0 atom stereocenters. The molecule has 0 radical (unpaired) electrons. The first-order valence-electron chi connectivity index (χ1n) is 18.0. The fraction of sp³-hybridized carbons (Fsp3) is 1.00. The molecule has 0 fully saturated rings. The Morgan fingerprint density at radius 3 is 0.623 bits per heavy atom. The van der Waals surface area contributed by atoms with Gasteiger partial charge in [-0.05, 0) is 0 Å². The lowest BCUT2D eigenvalue weighted by atomic mass is 9.88. The van der Waals surface area contributed by atoms with Crippen molar-refractivity contribution in [3.8, 4) is 0 Å². The van der Waals surface area contributed by atoms with Gasteiger partial charge in [0.25, 0.3) is 0 Å². The number of alkyl halides is 17. The number of hydrogen-bond acceptors (Lipinski definition) is 12. The lowest BCUT2D eigenvalue weighted by molar-refractivity contribution is -0.462. The summed E-state index contributed by atoms with van der Waals surface area (Å²) < 4.78 is 283. The van der Waals surface area contributed by atoms with Gasteiger partial charge >= 0.3 is 47.6 Å². The molecule has 0 aliphatic heterocycles. The van der Waals surface area contributed by atoms with Gasteiger partial charge in [-0.2, -0.15) is 74.6 Å². The number of ether oxygens (including phenoxy) is 11. The van der Waals surface area contributed by atoms with Gasteiger partial charge in [0.05, 0.1) is 152 Å². The first kappa shape index (κ1) is 59.3. The molecule has 29 heteroatoms. The maximum atomic E-state index is 13.9. The lowest BCUT2D eigenvalue weighted by Gasteiger charge is -2.42. The SMILES string of the molecule is OCCOCCOCCOCCOCCOCCOCCOCCOCCOCCOCCOCCC(F)(F)C(F)(F)C(F)(F)C(F)(F)C(F)(F)C(F)(F)C(F)(F)C(F)(F)F. The molecular weight excluding hydrogens is 899 g/mol. The molecule has 0 aliphatic rings. The molecule has 61 heavy (non-hydrogen) atoms. The minimum atomic E-state index is -8.66. The van der Waals surface area contributed by atoms with Gasteiger partial charge in [0.1, 0.15) is 0 Å². The summed E-state index contributed by atoms with van der Waals surface area (Å²) in [5.41, 5.74) is 0. The minimum absolute atomic E-state index is 0.0373. The highest BCUT2D eigenvalue weighted by molar-refractivity contribution is 5.15. The van der Waals surface area contributed by atoms with Crippen molar-refractivity contribution in [2.24, 2.45) is 0 Å². The second kappa shape index (κ2) is 29.0. The number of halogens is 17. The van der Waals surface area contributed by atoms with Crippen LogP contribution in [-0.4, -0.2) is 205 Å². The van der Waals surface area contributed by atoms with E-state index in [2.05, 4.69) is 4.74 Å². The predicted octanol–water partition coefficient (Wildman–Crippen LogP) is 5.56. The van der Waals surface area contributed by atoms with E-state index in [1.807, 2.05) is 0 Å². The van der Waals surface area contributed by atoms with Gasteiger partial charge in [0, 0.05) is 6.42 Å². The molecule has 0 spiro atoms. The van der Waals surface area contributed by atoms with Crippen LogP contribution in [0.3, 0.4) is 0 Å². The maximum Gasteiger partial charge on any atom is 0.460 e. The van der Waals surface area contributed by atoms with E-state index >= 15 is 0 Å². The summed E-state index contributed by atoms with van der Waals surface area (Å²) in [4.78, 5) is 0. The fourth-order valence-electron chi connectivity index (χ4n) is 3.92. The summed E-state index contributed by atoms with van der Waals surface area (Å²) in [6.07, 6.45) is -10.5. The highest BCUT2D eigenvalue weighted by Gasteiger charge is 2.95. The van der Waals surface area contributed by atoms with E-state index in [1.54, 1.807) is 0 Å². The average molecular weight is 949 g/mol. The van der Waals surface area contributed by atoms with Crippen LogP contribution in [0.15, 0.2) is 0 Å². The van der Waals surface area contributed by atoms with E-state index in [9.17, 15) is 74.6 Å². The molecule has 0 heterocycles. The minimum Gasteiger partial charge on any atom is -0.394 e. The lowest BCUT2D eigenvalue weighted by Crippen LogP contribution is -2.74. The van der Waals surface area contributed by atoms with Crippen molar-refractivity contribution < 1.29 is 132 Å². The van der Waals surface area contributed by atoms with Gasteiger partial charge in [-0.3, -0.25) is 0 Å². The van der Waals surface area contributed by atoms with E-state index in [-0.39, 0.29) is 59.5 Å². The standard InChI is InChI=1S/C32H49F17O12/c33-25(34,26(35,36)27(37,38)28(39,40)29(41,42)30(43,44)31(45,46)32(47,48)49)1-3-51-5-7-53-9-11-55-13-15-57-17-19-59-21-23-61-24-22-60-20-18-58-16-14-56-12-10-54-8-6-52-4-2-50/h50H,1-24H2. The number of hydrogen-bond donors (Lipinski definition) is 1. The van der Waals surface area contributed by atoms with Crippen molar-refractivity contribution in [2.45, 2.75) is 54.1 Å². The molecule has 0 saturated heterocycles. The topological polar surface area (TPSA) is 122 Å². The summed E-state index contributed by atoms with van der Waals surface area (Å²) in [6, 6.07) is 0. The molecular formula is C32H49F17O12. The fourth-order valence-corrected chi connectivity index (χ4v) is 3.92. The molecule has 0 rings (SSSR count). The summed E-state index contributed by atoms with van der Waals surface area (Å²) in [6.45, 7) is 2.13. The second-order valence-electron chi connectivity index (χ2n) is 11.9. The molecule has 0 aliphatic carbocycles. The van der Waals surface area contributed by atoms with Gasteiger partial charge in [0.2, 0.25) is 0 Å². The van der Waals surface area contributed by atoms with Gasteiger partial charge in [0.15, 0.2) is 0 Å². The molecule has 0 aromatic heterocycles. The van der Waals surface area contributed by atoms with Crippen LogP contribution in [0, 0.1) is 0 Å². The van der Waals surface area contributed by atoms with Crippen LogP contribution in [0.2, 0.25) is 0 Å². The Morgan fingerprint density at radius 1 is 0.230 bits per heavy atom. The van der Waals surface area contributed by atoms with Crippen LogP contribution in [0.25, 0.3) is 0 Å². The summed E-state index contributed by atoms with van der Waals surface area (Å²) in [5.74, 6) is -56.6. The van der Waals surface area contributed by atoms with E-state index in [0.29, 0.717) is 72.7 Å². The van der Waals surface area contributed by atoms with Gasteiger partial charge in [-0.15, -0.1) is 0 Å². The third kappa shape index (κ3) is 19.1. The first-order valence-corrected chi connectivity index (χ1v) is 18.0. The Morgan fingerprint density at radius 2 is 0.410 bits per heavy atom. The zero-order valence-corrected chi connectivity index (χ0v) is 32.3. The van der Waals surface area contributed by atoms with Crippen molar-refractivity contribution in [3.05, 3.63) is 0 Å². The number of rotatable bonds is 41. The van der Waals surface area contributed by atoms with Gasteiger partial charge < -0.3 is 57.2 Å². The zero-order chi connectivity index (χ0) is 46.7. The largest absolute Gasteiger partial charge is 0.460 e. The molecule has 0 unspecified atom stereocenters. The van der Waals surface area contributed by atoms with Crippen LogP contribution in [0.4, 0.5) is 74.6 Å². The summed E-state index contributed by atoms with van der Waals surface area (Å²) in [7, 11) is 0. The van der Waals surface area contributed by atoms with E-state index < -0.39 is 73.9 Å². The monoisotopic (exact) mass is 948 g/mol. The number of aliphatic hydroxyl groups excluding tert-OH is 1. The predicted molar refractivity (Wildman–Crippen MR) is 171 cm³/mol. The van der Waals surface area contributed by atoms with Crippen molar-refractivity contribution in [1.82, 2.24) is 0 Å². The van der Waals surface area contributed by atoms with Crippen LogP contribution < -0.4 is 0 Å². The highest BCUT2D eigenvalue weighted by Crippen LogP contribution is 2.64. The molecule has 0 aromatic carbocycles. The highest BCUT2D eigenvalue weighted by atomic mass is 19.4. The average Bonchev–Trinajstić information content (AvgIpc) is 3.17. The Balaban J connectivity index is 3.94. The molecule has 368 valence electrons. The molecule has 0 saturated carbocycles. The summed E-state index contributed by atoms with van der Waals surface area (Å²) in [5, 5.41) is 8.56. The normalized spacial score (nSPS) is 14.1. The molecule has 0 bridgehead atoms. The molecule has 12 nitrogen and oxygen atoms in total. The molecule has 0 amide bonds. The Hall–Kier alpha value is -1.67.